The largest absolute Gasteiger partial charge is 0.126 e. The first kappa shape index (κ1) is 12.2. The Balaban J connectivity index is 0.000000980. The van der Waals surface area contributed by atoms with Gasteiger partial charge in [0, 0.05) is 43.9 Å². The van der Waals surface area contributed by atoms with E-state index in [9.17, 15) is 0 Å². The zero-order valence-electron chi connectivity index (χ0n) is 7.94. The fraction of sp³-hybridized carbons (Fsp3) is 0.333. The second kappa shape index (κ2) is 5.88. The maximum atomic E-state index is 5.99. The first-order valence-electron chi connectivity index (χ1n) is 4.68. The van der Waals surface area contributed by atoms with Gasteiger partial charge in [0.25, 0.3) is 0 Å². The zero-order valence-corrected chi connectivity index (χ0v) is 11.1. The van der Waals surface area contributed by atoms with Gasteiger partial charge >= 0.3 is 0 Å². The molecule has 0 bridgehead atoms. The summed E-state index contributed by atoms with van der Waals surface area (Å²) in [6.07, 6.45) is 17.3. The minimum Gasteiger partial charge on any atom is -0.126 e. The predicted octanol–water partition coefficient (Wildman–Crippen LogP) is 3.32. The Morgan fingerprint density at radius 3 is 1.50 bits per heavy atom. The molecule has 0 amide bonds. The van der Waals surface area contributed by atoms with Gasteiger partial charge in [0.2, 0.25) is 0 Å². The summed E-state index contributed by atoms with van der Waals surface area (Å²) in [5, 5.41) is 0. The average molecular weight is 284 g/mol. The van der Waals surface area contributed by atoms with E-state index in [1.165, 1.54) is 0 Å². The minimum atomic E-state index is 0. The van der Waals surface area contributed by atoms with Gasteiger partial charge in [-0.05, 0) is 5.92 Å². The standard InChI is InChI=1S/C12H13Cl.Zr/c13-9-12(10-5-1-2-6-10)11-7-3-4-8-11;/h1-8,10-12H,9H2;. The van der Waals surface area contributed by atoms with Crippen LogP contribution in [0.1, 0.15) is 0 Å². The third kappa shape index (κ3) is 2.58. The third-order valence-electron chi connectivity index (χ3n) is 2.72. The van der Waals surface area contributed by atoms with Crippen LogP contribution in [0.5, 0.6) is 0 Å². The average Bonchev–Trinajstić information content (AvgIpc) is 2.76. The van der Waals surface area contributed by atoms with Crippen LogP contribution in [0.4, 0.5) is 0 Å². The molecule has 14 heavy (non-hydrogen) atoms. The van der Waals surface area contributed by atoms with E-state index in [2.05, 4.69) is 48.6 Å². The second-order valence-electron chi connectivity index (χ2n) is 3.51. The van der Waals surface area contributed by atoms with E-state index < -0.39 is 0 Å². The summed E-state index contributed by atoms with van der Waals surface area (Å²) in [4.78, 5) is 0. The number of alkyl halides is 1. The van der Waals surface area contributed by atoms with Gasteiger partial charge in [-0.25, -0.2) is 0 Å². The van der Waals surface area contributed by atoms with E-state index in [1.807, 2.05) is 0 Å². The maximum absolute atomic E-state index is 5.99. The van der Waals surface area contributed by atoms with Crippen LogP contribution < -0.4 is 0 Å². The molecule has 2 heteroatoms. The molecule has 0 heterocycles. The molecule has 0 atom stereocenters. The quantitative estimate of drug-likeness (QED) is 0.697. The molecule has 0 nitrogen and oxygen atoms in total. The summed E-state index contributed by atoms with van der Waals surface area (Å²) in [7, 11) is 0. The van der Waals surface area contributed by atoms with Gasteiger partial charge in [0.05, 0.1) is 0 Å². The van der Waals surface area contributed by atoms with Crippen molar-refractivity contribution < 1.29 is 26.2 Å². The van der Waals surface area contributed by atoms with Crippen LogP contribution in [-0.4, -0.2) is 5.88 Å². The van der Waals surface area contributed by atoms with Crippen molar-refractivity contribution in [1.29, 1.82) is 0 Å². The molecule has 0 fully saturated rings. The number of halogens is 1. The van der Waals surface area contributed by atoms with E-state index in [-0.39, 0.29) is 26.2 Å². The van der Waals surface area contributed by atoms with E-state index >= 15 is 0 Å². The molecule has 0 spiro atoms. The van der Waals surface area contributed by atoms with Gasteiger partial charge in [-0.15, -0.1) is 11.6 Å². The van der Waals surface area contributed by atoms with Crippen molar-refractivity contribution in [2.75, 3.05) is 5.88 Å². The van der Waals surface area contributed by atoms with Crippen molar-refractivity contribution >= 4 is 11.6 Å². The molecule has 2 aliphatic carbocycles. The molecule has 2 aliphatic rings. The Bertz CT molecular complexity index is 237. The van der Waals surface area contributed by atoms with Crippen molar-refractivity contribution in [2.45, 2.75) is 0 Å². The molecule has 0 aromatic heterocycles. The monoisotopic (exact) mass is 282 g/mol. The maximum Gasteiger partial charge on any atom is 0.0269 e. The molecule has 0 saturated carbocycles. The van der Waals surface area contributed by atoms with E-state index in [0.29, 0.717) is 17.8 Å². The van der Waals surface area contributed by atoms with Crippen molar-refractivity contribution in [3.8, 4) is 0 Å². The smallest absolute Gasteiger partial charge is 0.0269 e. The van der Waals surface area contributed by atoms with Gasteiger partial charge in [-0.1, -0.05) is 48.6 Å². The van der Waals surface area contributed by atoms with E-state index in [0.717, 1.165) is 5.88 Å². The first-order chi connectivity index (χ1) is 6.42. The van der Waals surface area contributed by atoms with Gasteiger partial charge < -0.3 is 0 Å². The van der Waals surface area contributed by atoms with Crippen molar-refractivity contribution in [3.05, 3.63) is 48.6 Å². The number of rotatable bonds is 3. The van der Waals surface area contributed by atoms with Crippen LogP contribution in [0.3, 0.4) is 0 Å². The molecule has 0 saturated heterocycles. The van der Waals surface area contributed by atoms with Crippen LogP contribution in [0.15, 0.2) is 48.6 Å². The molecule has 0 aromatic carbocycles. The Hall–Kier alpha value is 0.133. The minimum absolute atomic E-state index is 0. The second-order valence-corrected chi connectivity index (χ2v) is 3.82. The van der Waals surface area contributed by atoms with Crippen LogP contribution >= 0.6 is 11.6 Å². The number of hydrogen-bond donors (Lipinski definition) is 0. The predicted molar refractivity (Wildman–Crippen MR) is 57.8 cm³/mol. The molecular formula is C12H13ClZr. The Morgan fingerprint density at radius 1 is 0.857 bits per heavy atom. The van der Waals surface area contributed by atoms with Crippen LogP contribution in [0.2, 0.25) is 0 Å². The molecular weight excluding hydrogens is 271 g/mol. The molecule has 0 N–H and O–H groups in total. The fourth-order valence-corrected chi connectivity index (χ4v) is 2.34. The zero-order chi connectivity index (χ0) is 9.10. The van der Waals surface area contributed by atoms with E-state index in [4.69, 9.17) is 11.6 Å². The van der Waals surface area contributed by atoms with Crippen LogP contribution in [0.25, 0.3) is 0 Å². The fourth-order valence-electron chi connectivity index (χ4n) is 1.93. The molecule has 0 aliphatic heterocycles. The van der Waals surface area contributed by atoms with E-state index in [1.54, 1.807) is 0 Å². The summed E-state index contributed by atoms with van der Waals surface area (Å²) in [5.41, 5.74) is 0. The number of hydrogen-bond acceptors (Lipinski definition) is 0. The van der Waals surface area contributed by atoms with Crippen molar-refractivity contribution in [1.82, 2.24) is 0 Å². The molecule has 0 unspecified atom stereocenters. The number of allylic oxidation sites excluding steroid dienone is 8. The normalized spacial score (nSPS) is 19.9. The van der Waals surface area contributed by atoms with Crippen molar-refractivity contribution in [2.24, 2.45) is 17.8 Å². The topological polar surface area (TPSA) is 0 Å². The third-order valence-corrected chi connectivity index (χ3v) is 3.08. The van der Waals surface area contributed by atoms with Gasteiger partial charge in [-0.2, -0.15) is 0 Å². The Labute approximate surface area is 110 Å². The molecule has 72 valence electrons. The van der Waals surface area contributed by atoms with Crippen LogP contribution in [0, 0.1) is 17.8 Å². The summed E-state index contributed by atoms with van der Waals surface area (Å²) in [5.74, 6) is 2.29. The molecule has 0 radical (unpaired) electrons. The SMILES string of the molecule is ClCC(C1C=CC=C1)C1C=CC=C1.[Zr]. The Morgan fingerprint density at radius 2 is 1.21 bits per heavy atom. The summed E-state index contributed by atoms with van der Waals surface area (Å²) >= 11 is 5.99. The summed E-state index contributed by atoms with van der Waals surface area (Å²) in [6, 6.07) is 0. The van der Waals surface area contributed by atoms with Gasteiger partial charge in [0.1, 0.15) is 0 Å². The first-order valence-corrected chi connectivity index (χ1v) is 5.21. The summed E-state index contributed by atoms with van der Waals surface area (Å²) in [6.45, 7) is 0. The van der Waals surface area contributed by atoms with Gasteiger partial charge in [0.15, 0.2) is 0 Å². The van der Waals surface area contributed by atoms with Crippen LogP contribution in [-0.2, 0) is 26.2 Å². The van der Waals surface area contributed by atoms with Crippen molar-refractivity contribution in [3.63, 3.8) is 0 Å². The molecule has 2 rings (SSSR count). The van der Waals surface area contributed by atoms with Gasteiger partial charge in [-0.3, -0.25) is 0 Å². The summed E-state index contributed by atoms with van der Waals surface area (Å²) < 4.78 is 0. The Kier molecular flexibility index (Phi) is 5.13. The molecule has 0 aromatic rings.